The first-order valence-corrected chi connectivity index (χ1v) is 8.96. The molecule has 9 heteroatoms. The Morgan fingerprint density at radius 3 is 2.45 bits per heavy atom. The largest absolute Gasteiger partial charge is 0.496 e. The van der Waals surface area contributed by atoms with Crippen molar-refractivity contribution >= 4 is 11.7 Å². The molecule has 0 bridgehead atoms. The number of amides is 1. The number of aromatic amines is 1. The van der Waals surface area contributed by atoms with Crippen molar-refractivity contribution in [2.75, 3.05) is 12.8 Å². The lowest BCUT2D eigenvalue weighted by atomic mass is 9.95. The molecular formula is C22H17N5O4. The number of carbonyl (C=O) groups is 1. The first-order chi connectivity index (χ1) is 14.9. The molecule has 3 aromatic rings. The zero-order valence-corrected chi connectivity index (χ0v) is 16.4. The zero-order valence-electron chi connectivity index (χ0n) is 16.4. The van der Waals surface area contributed by atoms with Crippen LogP contribution in [-0.4, -0.2) is 18.0 Å². The second kappa shape index (κ2) is 8.72. The summed E-state index contributed by atoms with van der Waals surface area (Å²) in [6.45, 7) is -0.0102. The third kappa shape index (κ3) is 4.02. The van der Waals surface area contributed by atoms with E-state index in [1.54, 1.807) is 42.5 Å². The van der Waals surface area contributed by atoms with E-state index < -0.39 is 11.5 Å². The van der Waals surface area contributed by atoms with Gasteiger partial charge in [-0.1, -0.05) is 18.2 Å². The van der Waals surface area contributed by atoms with Gasteiger partial charge < -0.3 is 25.9 Å². The van der Waals surface area contributed by atoms with Crippen LogP contribution in [0.5, 0.6) is 11.5 Å². The predicted octanol–water partition coefficient (Wildman–Crippen LogP) is 2.05. The number of benzene rings is 2. The van der Waals surface area contributed by atoms with Gasteiger partial charge in [-0.15, -0.1) is 0 Å². The highest BCUT2D eigenvalue weighted by atomic mass is 16.5. The van der Waals surface area contributed by atoms with Gasteiger partial charge in [-0.2, -0.15) is 10.5 Å². The van der Waals surface area contributed by atoms with Gasteiger partial charge in [-0.3, -0.25) is 9.59 Å². The normalized spacial score (nSPS) is 10.0. The molecule has 1 heterocycles. The highest BCUT2D eigenvalue weighted by molar-refractivity contribution is 5.95. The summed E-state index contributed by atoms with van der Waals surface area (Å²) in [6.07, 6.45) is 0. The number of hydrogen-bond donors (Lipinski definition) is 3. The Hall–Kier alpha value is -4.76. The lowest BCUT2D eigenvalue weighted by Crippen LogP contribution is -2.16. The smallest absolute Gasteiger partial charge is 0.268 e. The number of para-hydroxylation sites is 1. The van der Waals surface area contributed by atoms with E-state index in [9.17, 15) is 20.1 Å². The molecule has 154 valence electrons. The molecule has 0 unspecified atom stereocenters. The third-order valence-electron chi connectivity index (χ3n) is 4.57. The number of primary amides is 1. The molecule has 1 amide bonds. The lowest BCUT2D eigenvalue weighted by Gasteiger charge is -2.15. The molecule has 0 aliphatic carbocycles. The Morgan fingerprint density at radius 2 is 1.81 bits per heavy atom. The molecule has 31 heavy (non-hydrogen) atoms. The number of pyridine rings is 1. The summed E-state index contributed by atoms with van der Waals surface area (Å²) in [5.41, 5.74) is 11.5. The SMILES string of the molecule is COc1ccc(-c2c(C#N)c(N)[nH]c(=O)c2C#N)cc1COc1ccccc1C(N)=O. The zero-order chi connectivity index (χ0) is 22.5. The number of nitrogens with two attached hydrogens (primary N) is 2. The summed E-state index contributed by atoms with van der Waals surface area (Å²) in [6, 6.07) is 15.1. The third-order valence-corrected chi connectivity index (χ3v) is 4.57. The fourth-order valence-electron chi connectivity index (χ4n) is 3.13. The molecular weight excluding hydrogens is 398 g/mol. The fraction of sp³-hybridized carbons (Fsp3) is 0.0909. The molecule has 5 N–H and O–H groups in total. The van der Waals surface area contributed by atoms with Crippen LogP contribution in [0.15, 0.2) is 47.3 Å². The molecule has 1 aromatic heterocycles. The van der Waals surface area contributed by atoms with Crippen LogP contribution < -0.4 is 26.5 Å². The van der Waals surface area contributed by atoms with Crippen LogP contribution in [0.3, 0.4) is 0 Å². The van der Waals surface area contributed by atoms with E-state index in [0.717, 1.165) is 0 Å². The quantitative estimate of drug-likeness (QED) is 0.553. The standard InChI is InChI=1S/C22H17N5O4/c1-30-17-7-6-12(19-15(9-23)20(25)27-22(29)16(19)10-24)8-13(17)11-31-18-5-3-2-4-14(18)21(26)28/h2-8H,11H2,1H3,(H2,26,28)(H3,25,27,29). The van der Waals surface area contributed by atoms with Crippen molar-refractivity contribution in [2.45, 2.75) is 6.61 Å². The first kappa shape index (κ1) is 21.0. The minimum Gasteiger partial charge on any atom is -0.496 e. The molecule has 0 saturated heterocycles. The van der Waals surface area contributed by atoms with Crippen LogP contribution in [0.4, 0.5) is 5.82 Å². The highest BCUT2D eigenvalue weighted by Gasteiger charge is 2.19. The number of hydrogen-bond acceptors (Lipinski definition) is 7. The molecule has 0 saturated carbocycles. The molecule has 3 rings (SSSR count). The number of methoxy groups -OCH3 is 1. The number of nitrogens with one attached hydrogen (secondary N) is 1. The molecule has 9 nitrogen and oxygen atoms in total. The van der Waals surface area contributed by atoms with Crippen LogP contribution in [0.2, 0.25) is 0 Å². The van der Waals surface area contributed by atoms with Crippen LogP contribution in [-0.2, 0) is 6.61 Å². The maximum absolute atomic E-state index is 12.2. The summed E-state index contributed by atoms with van der Waals surface area (Å²) in [7, 11) is 1.47. The van der Waals surface area contributed by atoms with Gasteiger partial charge in [0, 0.05) is 11.1 Å². The Balaban J connectivity index is 2.10. The molecule has 0 aliphatic rings. The van der Waals surface area contributed by atoms with Crippen LogP contribution in [0.1, 0.15) is 27.0 Å². The topological polar surface area (TPSA) is 168 Å². The summed E-state index contributed by atoms with van der Waals surface area (Å²) < 4.78 is 11.1. The van der Waals surface area contributed by atoms with E-state index in [1.165, 1.54) is 7.11 Å². The van der Waals surface area contributed by atoms with Crippen molar-refractivity contribution in [3.8, 4) is 34.8 Å². The van der Waals surface area contributed by atoms with Gasteiger partial charge in [0.15, 0.2) is 0 Å². The van der Waals surface area contributed by atoms with Crippen molar-refractivity contribution < 1.29 is 14.3 Å². The van der Waals surface area contributed by atoms with E-state index in [0.29, 0.717) is 22.6 Å². The van der Waals surface area contributed by atoms with E-state index >= 15 is 0 Å². The number of ether oxygens (including phenoxy) is 2. The lowest BCUT2D eigenvalue weighted by molar-refractivity contribution is 0.0996. The maximum Gasteiger partial charge on any atom is 0.268 e. The highest BCUT2D eigenvalue weighted by Crippen LogP contribution is 2.32. The number of rotatable bonds is 6. The van der Waals surface area contributed by atoms with Gasteiger partial charge >= 0.3 is 0 Å². The van der Waals surface area contributed by atoms with Crippen molar-refractivity contribution in [2.24, 2.45) is 5.73 Å². The van der Waals surface area contributed by atoms with E-state index in [4.69, 9.17) is 20.9 Å². The second-order valence-electron chi connectivity index (χ2n) is 6.39. The van der Waals surface area contributed by atoms with Gasteiger partial charge in [0.1, 0.15) is 47.2 Å². The van der Waals surface area contributed by atoms with Crippen molar-refractivity contribution in [3.05, 3.63) is 75.1 Å². The van der Waals surface area contributed by atoms with Crippen molar-refractivity contribution in [1.82, 2.24) is 4.98 Å². The number of nitrogens with zero attached hydrogens (tertiary/aromatic N) is 2. The van der Waals surface area contributed by atoms with Crippen molar-refractivity contribution in [1.29, 1.82) is 10.5 Å². The Morgan fingerprint density at radius 1 is 1.10 bits per heavy atom. The van der Waals surface area contributed by atoms with Gasteiger partial charge in [0.05, 0.1) is 12.7 Å². The number of aromatic nitrogens is 1. The minimum atomic E-state index is -0.696. The van der Waals surface area contributed by atoms with E-state index in [2.05, 4.69) is 4.98 Å². The van der Waals surface area contributed by atoms with Crippen LogP contribution in [0.25, 0.3) is 11.1 Å². The summed E-state index contributed by atoms with van der Waals surface area (Å²) >= 11 is 0. The number of anilines is 1. The monoisotopic (exact) mass is 415 g/mol. The molecule has 2 aromatic carbocycles. The van der Waals surface area contributed by atoms with Gasteiger partial charge in [0.25, 0.3) is 11.5 Å². The van der Waals surface area contributed by atoms with Crippen LogP contribution >= 0.6 is 0 Å². The number of nitriles is 2. The Kier molecular flexibility index (Phi) is 5.90. The average Bonchev–Trinajstić information content (AvgIpc) is 2.77. The average molecular weight is 415 g/mol. The Labute approximate surface area is 177 Å². The number of carbonyl (C=O) groups excluding carboxylic acids is 1. The van der Waals surface area contributed by atoms with Gasteiger partial charge in [0.2, 0.25) is 0 Å². The number of H-pyrrole nitrogens is 1. The summed E-state index contributed by atoms with van der Waals surface area (Å²) in [5, 5.41) is 19.0. The first-order valence-electron chi connectivity index (χ1n) is 8.96. The summed E-state index contributed by atoms with van der Waals surface area (Å²) in [4.78, 5) is 26.1. The van der Waals surface area contributed by atoms with Gasteiger partial charge in [-0.05, 0) is 29.8 Å². The summed E-state index contributed by atoms with van der Waals surface area (Å²) in [5.74, 6) is -0.00783. The molecule has 0 radical (unpaired) electrons. The van der Waals surface area contributed by atoms with E-state index in [-0.39, 0.29) is 34.7 Å². The van der Waals surface area contributed by atoms with Crippen LogP contribution in [0, 0.1) is 22.7 Å². The maximum atomic E-state index is 12.2. The minimum absolute atomic E-state index is 0.0102. The fourth-order valence-corrected chi connectivity index (χ4v) is 3.13. The number of nitrogen functional groups attached to an aromatic ring is 1. The molecule has 0 aliphatic heterocycles. The molecule has 0 spiro atoms. The van der Waals surface area contributed by atoms with Gasteiger partial charge in [-0.25, -0.2) is 0 Å². The molecule has 0 atom stereocenters. The Bertz CT molecular complexity index is 1310. The van der Waals surface area contributed by atoms with Crippen molar-refractivity contribution in [3.63, 3.8) is 0 Å². The second-order valence-corrected chi connectivity index (χ2v) is 6.39. The van der Waals surface area contributed by atoms with E-state index in [1.807, 2.05) is 12.1 Å². The predicted molar refractivity (Wildman–Crippen MR) is 112 cm³/mol. The molecule has 0 fully saturated rings.